The minimum atomic E-state index is -0.138. The molecule has 2 amide bonds. The number of thioether (sulfide) groups is 1. The predicted octanol–water partition coefficient (Wildman–Crippen LogP) is 3.00. The van der Waals surface area contributed by atoms with Gasteiger partial charge in [0.2, 0.25) is 5.91 Å². The van der Waals surface area contributed by atoms with Crippen LogP contribution in [0.4, 0.5) is 5.69 Å². The Morgan fingerprint density at radius 3 is 2.86 bits per heavy atom. The first-order chi connectivity index (χ1) is 13.7. The van der Waals surface area contributed by atoms with Crippen molar-refractivity contribution in [3.63, 3.8) is 0 Å². The predicted molar refractivity (Wildman–Crippen MR) is 113 cm³/mol. The molecule has 1 aromatic carbocycles. The molecule has 0 saturated carbocycles. The second-order valence-corrected chi connectivity index (χ2v) is 8.98. The Hall–Kier alpha value is -1.90. The van der Waals surface area contributed by atoms with Crippen molar-refractivity contribution in [2.75, 3.05) is 36.8 Å². The summed E-state index contributed by atoms with van der Waals surface area (Å²) in [5, 5.41) is 5.52. The van der Waals surface area contributed by atoms with Gasteiger partial charge in [0.1, 0.15) is 10.7 Å². The number of nitrogens with one attached hydrogen (secondary N) is 1. The van der Waals surface area contributed by atoms with Crippen LogP contribution in [0, 0.1) is 0 Å². The van der Waals surface area contributed by atoms with Gasteiger partial charge in [-0.25, -0.2) is 4.98 Å². The van der Waals surface area contributed by atoms with Gasteiger partial charge in [0, 0.05) is 23.4 Å². The Labute approximate surface area is 173 Å². The molecule has 3 heterocycles. The second-order valence-electron chi connectivity index (χ2n) is 7.02. The number of aromatic nitrogens is 1. The first-order valence-corrected chi connectivity index (χ1v) is 11.5. The number of hydrogen-bond acceptors (Lipinski definition) is 6. The summed E-state index contributed by atoms with van der Waals surface area (Å²) in [4.78, 5) is 34.5. The van der Waals surface area contributed by atoms with E-state index in [0.29, 0.717) is 24.5 Å². The molecule has 1 fully saturated rings. The van der Waals surface area contributed by atoms with Crippen LogP contribution in [-0.2, 0) is 11.3 Å². The van der Waals surface area contributed by atoms with E-state index in [0.717, 1.165) is 35.2 Å². The van der Waals surface area contributed by atoms with Gasteiger partial charge in [0.25, 0.3) is 5.91 Å². The van der Waals surface area contributed by atoms with Gasteiger partial charge in [-0.3, -0.25) is 9.59 Å². The fourth-order valence-electron chi connectivity index (χ4n) is 3.55. The molecule has 2 aliphatic heterocycles. The van der Waals surface area contributed by atoms with Gasteiger partial charge >= 0.3 is 0 Å². The number of benzene rings is 1. The maximum absolute atomic E-state index is 12.4. The monoisotopic (exact) mass is 416 g/mol. The molecule has 1 N–H and O–H groups in total. The molecule has 4 rings (SSSR count). The molecular formula is C20H24N4O2S2. The van der Waals surface area contributed by atoms with E-state index >= 15 is 0 Å². The molecule has 0 unspecified atom stereocenters. The van der Waals surface area contributed by atoms with E-state index in [1.165, 1.54) is 30.6 Å². The van der Waals surface area contributed by atoms with Gasteiger partial charge in [-0.2, -0.15) is 0 Å². The molecule has 28 heavy (non-hydrogen) atoms. The molecule has 2 aliphatic rings. The molecule has 0 radical (unpaired) electrons. The minimum absolute atomic E-state index is 0.0754. The maximum Gasteiger partial charge on any atom is 0.270 e. The molecule has 0 atom stereocenters. The fourth-order valence-corrected chi connectivity index (χ4v) is 5.25. The number of carbonyl (C=O) groups is 2. The number of fused-ring (bicyclic) bond motifs is 1. The largest absolute Gasteiger partial charge is 0.349 e. The minimum Gasteiger partial charge on any atom is -0.349 e. The first-order valence-electron chi connectivity index (χ1n) is 9.68. The maximum atomic E-state index is 12.4. The lowest BCUT2D eigenvalue weighted by atomic mass is 10.1. The number of nitrogens with zero attached hydrogens (tertiary/aromatic N) is 3. The second kappa shape index (κ2) is 9.07. The number of piperidine rings is 1. The molecule has 6 nitrogen and oxygen atoms in total. The van der Waals surface area contributed by atoms with Gasteiger partial charge in [0.15, 0.2) is 0 Å². The van der Waals surface area contributed by atoms with E-state index in [4.69, 9.17) is 0 Å². The van der Waals surface area contributed by atoms with Crippen LogP contribution in [-0.4, -0.2) is 53.6 Å². The van der Waals surface area contributed by atoms with E-state index in [1.54, 1.807) is 22.0 Å². The highest BCUT2D eigenvalue weighted by Gasteiger charge is 2.25. The number of likely N-dealkylation sites (tertiary alicyclic amines) is 1. The summed E-state index contributed by atoms with van der Waals surface area (Å²) in [6.45, 7) is 4.18. The fraction of sp³-hybridized carbons (Fsp3) is 0.450. The van der Waals surface area contributed by atoms with E-state index in [9.17, 15) is 9.59 Å². The lowest BCUT2D eigenvalue weighted by Gasteiger charge is -2.28. The van der Waals surface area contributed by atoms with Crippen LogP contribution in [0.25, 0.3) is 0 Å². The van der Waals surface area contributed by atoms with Crippen molar-refractivity contribution in [2.45, 2.75) is 30.7 Å². The summed E-state index contributed by atoms with van der Waals surface area (Å²) in [5.41, 5.74) is 1.36. The normalized spacial score (nSPS) is 17.4. The molecule has 2 aromatic rings. The third kappa shape index (κ3) is 4.56. The highest BCUT2D eigenvalue weighted by molar-refractivity contribution is 8.00. The van der Waals surface area contributed by atoms with Gasteiger partial charge in [-0.05, 0) is 38.1 Å². The Morgan fingerprint density at radius 2 is 2.00 bits per heavy atom. The van der Waals surface area contributed by atoms with Gasteiger partial charge in [-0.1, -0.05) is 18.6 Å². The van der Waals surface area contributed by atoms with Gasteiger partial charge < -0.3 is 15.1 Å². The number of para-hydroxylation sites is 1. The number of amides is 2. The molecule has 1 saturated heterocycles. The zero-order valence-electron chi connectivity index (χ0n) is 15.7. The van der Waals surface area contributed by atoms with Gasteiger partial charge in [-0.15, -0.1) is 23.1 Å². The van der Waals surface area contributed by atoms with E-state index in [2.05, 4.69) is 15.2 Å². The van der Waals surface area contributed by atoms with Crippen molar-refractivity contribution in [1.82, 2.24) is 15.2 Å². The van der Waals surface area contributed by atoms with Crippen molar-refractivity contribution >= 4 is 40.6 Å². The van der Waals surface area contributed by atoms with Crippen molar-refractivity contribution in [2.24, 2.45) is 0 Å². The molecule has 148 valence electrons. The lowest BCUT2D eigenvalue weighted by molar-refractivity contribution is -0.116. The summed E-state index contributed by atoms with van der Waals surface area (Å²) in [7, 11) is 0. The molecule has 0 bridgehead atoms. The number of thiazole rings is 1. The van der Waals surface area contributed by atoms with Crippen molar-refractivity contribution in [3.8, 4) is 0 Å². The van der Waals surface area contributed by atoms with Crippen LogP contribution in [0.1, 0.15) is 34.8 Å². The van der Waals surface area contributed by atoms with Crippen LogP contribution in [0.2, 0.25) is 0 Å². The Balaban J connectivity index is 1.34. The molecule has 1 aromatic heterocycles. The highest BCUT2D eigenvalue weighted by atomic mass is 32.2. The van der Waals surface area contributed by atoms with Crippen LogP contribution in [0.15, 0.2) is 34.5 Å². The average Bonchev–Trinajstić information content (AvgIpc) is 3.20. The zero-order valence-corrected chi connectivity index (χ0v) is 17.4. The lowest BCUT2D eigenvalue weighted by Crippen LogP contribution is -2.37. The Morgan fingerprint density at radius 1 is 1.18 bits per heavy atom. The quantitative estimate of drug-likeness (QED) is 0.784. The standard InChI is InChI=1S/C20H24N4O2S2/c25-19-14-27-17-7-3-2-6-16(17)24(19)12-18-22-15(13-28-18)20(26)21-8-11-23-9-4-1-5-10-23/h2-3,6-7,13H,1,4-5,8-12,14H2,(H,21,26). The molecule has 0 spiro atoms. The summed E-state index contributed by atoms with van der Waals surface area (Å²) in [6, 6.07) is 7.91. The Kier molecular flexibility index (Phi) is 6.29. The third-order valence-electron chi connectivity index (χ3n) is 5.05. The van der Waals surface area contributed by atoms with Gasteiger partial charge in [0.05, 0.1) is 18.0 Å². The zero-order chi connectivity index (χ0) is 19.3. The number of hydrogen-bond donors (Lipinski definition) is 1. The van der Waals surface area contributed by atoms with Crippen LogP contribution < -0.4 is 10.2 Å². The topological polar surface area (TPSA) is 65.5 Å². The van der Waals surface area contributed by atoms with Crippen LogP contribution in [0.5, 0.6) is 0 Å². The van der Waals surface area contributed by atoms with Crippen molar-refractivity contribution in [3.05, 3.63) is 40.3 Å². The third-order valence-corrected chi connectivity index (χ3v) is 6.93. The summed E-state index contributed by atoms with van der Waals surface area (Å²) < 4.78 is 0. The number of carbonyl (C=O) groups excluding carboxylic acids is 2. The van der Waals surface area contributed by atoms with E-state index in [-0.39, 0.29) is 11.8 Å². The average molecular weight is 417 g/mol. The van der Waals surface area contributed by atoms with Crippen molar-refractivity contribution < 1.29 is 9.59 Å². The molecule has 8 heteroatoms. The Bertz CT molecular complexity index is 848. The highest BCUT2D eigenvalue weighted by Crippen LogP contribution is 2.35. The molecule has 0 aliphatic carbocycles. The summed E-state index contributed by atoms with van der Waals surface area (Å²) >= 11 is 2.99. The first kappa shape index (κ1) is 19.4. The SMILES string of the molecule is O=C(NCCN1CCCCC1)c1csc(CN2C(=O)CSc3ccccc32)n1. The number of anilines is 1. The van der Waals surface area contributed by atoms with E-state index < -0.39 is 0 Å². The van der Waals surface area contributed by atoms with Crippen molar-refractivity contribution in [1.29, 1.82) is 0 Å². The van der Waals surface area contributed by atoms with Crippen LogP contribution in [0.3, 0.4) is 0 Å². The molecular weight excluding hydrogens is 392 g/mol. The smallest absolute Gasteiger partial charge is 0.270 e. The summed E-state index contributed by atoms with van der Waals surface area (Å²) in [5.74, 6) is 0.374. The number of rotatable bonds is 6. The summed E-state index contributed by atoms with van der Waals surface area (Å²) in [6.07, 6.45) is 3.81. The van der Waals surface area contributed by atoms with E-state index in [1.807, 2.05) is 24.3 Å². The van der Waals surface area contributed by atoms with Crippen LogP contribution >= 0.6 is 23.1 Å².